The number of hydrazine groups is 1. The van der Waals surface area contributed by atoms with E-state index in [1.165, 1.54) is 30.3 Å². The number of carbonyl (C=O) groups is 3. The average molecular weight is 453 g/mol. The lowest BCUT2D eigenvalue weighted by atomic mass is 10.1. The number of carbonyl (C=O) groups excluding carboxylic acids is 2. The molecule has 0 atom stereocenters. The Morgan fingerprint density at radius 1 is 1.14 bits per heavy atom. The molecule has 1 saturated heterocycles. The van der Waals surface area contributed by atoms with Crippen LogP contribution in [0.15, 0.2) is 47.4 Å². The average Bonchev–Trinajstić information content (AvgIpc) is 2.89. The van der Waals surface area contributed by atoms with Crippen LogP contribution in [0, 0.1) is 0 Å². The fraction of sp³-hybridized carbons (Fsp3) is 0. The molecule has 2 amide bonds. The van der Waals surface area contributed by atoms with Gasteiger partial charge in [0, 0.05) is 5.02 Å². The molecule has 2 aromatic rings. The van der Waals surface area contributed by atoms with Gasteiger partial charge in [0.15, 0.2) is 4.32 Å². The normalized spacial score (nSPS) is 15.2. The molecule has 0 unspecified atom stereocenters. The first kappa shape index (κ1) is 20.3. The summed E-state index contributed by atoms with van der Waals surface area (Å²) in [5.41, 5.74) is 3.34. The maximum Gasteiger partial charge on any atom is 0.335 e. The maximum atomic E-state index is 12.6. The van der Waals surface area contributed by atoms with Gasteiger partial charge in [-0.25, -0.2) is 4.79 Å². The van der Waals surface area contributed by atoms with Crippen LogP contribution in [-0.2, 0) is 4.79 Å². The number of carboxylic acid groups (broad SMARTS) is 1. The van der Waals surface area contributed by atoms with Gasteiger partial charge in [-0.15, -0.1) is 0 Å². The molecule has 0 spiro atoms. The molecule has 2 N–H and O–H groups in total. The molecule has 0 aliphatic carbocycles. The Labute approximate surface area is 179 Å². The van der Waals surface area contributed by atoms with Crippen molar-refractivity contribution >= 4 is 75.4 Å². The van der Waals surface area contributed by atoms with Crippen LogP contribution in [0.2, 0.25) is 10.0 Å². The van der Waals surface area contributed by atoms with Crippen LogP contribution in [0.3, 0.4) is 0 Å². The minimum atomic E-state index is -1.04. The van der Waals surface area contributed by atoms with Gasteiger partial charge in [-0.05, 0) is 54.2 Å². The van der Waals surface area contributed by atoms with Crippen molar-refractivity contribution in [1.29, 1.82) is 0 Å². The zero-order valence-electron chi connectivity index (χ0n) is 13.8. The minimum Gasteiger partial charge on any atom is -0.478 e. The molecule has 0 saturated carbocycles. The molecular formula is C18H10Cl2N2O4S2. The first-order valence-electron chi connectivity index (χ1n) is 7.63. The van der Waals surface area contributed by atoms with Gasteiger partial charge in [0.25, 0.3) is 11.8 Å². The number of thioether (sulfide) groups is 1. The van der Waals surface area contributed by atoms with E-state index < -0.39 is 17.8 Å². The van der Waals surface area contributed by atoms with Crippen molar-refractivity contribution in [3.63, 3.8) is 0 Å². The molecule has 10 heteroatoms. The highest BCUT2D eigenvalue weighted by atomic mass is 35.5. The van der Waals surface area contributed by atoms with Crippen LogP contribution in [0.25, 0.3) is 6.08 Å². The number of amides is 2. The molecule has 1 heterocycles. The summed E-state index contributed by atoms with van der Waals surface area (Å²) in [5, 5.41) is 10.4. The number of aromatic carboxylic acids is 1. The quantitative estimate of drug-likeness (QED) is 0.532. The van der Waals surface area contributed by atoms with Crippen LogP contribution in [0.1, 0.15) is 26.3 Å². The van der Waals surface area contributed by atoms with Gasteiger partial charge in [-0.3, -0.25) is 15.0 Å². The topological polar surface area (TPSA) is 86.7 Å². The summed E-state index contributed by atoms with van der Waals surface area (Å²) in [5.74, 6) is -2.15. The highest BCUT2D eigenvalue weighted by Gasteiger charge is 2.34. The molecule has 0 aromatic heterocycles. The molecule has 2 aromatic carbocycles. The van der Waals surface area contributed by atoms with Gasteiger partial charge < -0.3 is 5.11 Å². The number of thiocarbonyl (C=S) groups is 1. The van der Waals surface area contributed by atoms with Gasteiger partial charge in [0.05, 0.1) is 21.1 Å². The molecule has 6 nitrogen and oxygen atoms in total. The molecule has 28 heavy (non-hydrogen) atoms. The highest BCUT2D eigenvalue weighted by molar-refractivity contribution is 8.26. The molecule has 3 rings (SSSR count). The van der Waals surface area contributed by atoms with Crippen molar-refractivity contribution in [3.8, 4) is 0 Å². The predicted octanol–water partition coefficient (Wildman–Crippen LogP) is 4.24. The first-order chi connectivity index (χ1) is 13.3. The Morgan fingerprint density at radius 2 is 1.82 bits per heavy atom. The number of rotatable bonds is 4. The van der Waals surface area contributed by atoms with E-state index in [9.17, 15) is 14.4 Å². The van der Waals surface area contributed by atoms with Crippen molar-refractivity contribution in [1.82, 2.24) is 10.4 Å². The van der Waals surface area contributed by atoms with Crippen LogP contribution in [0.4, 0.5) is 0 Å². The van der Waals surface area contributed by atoms with Crippen LogP contribution >= 0.6 is 47.2 Å². The summed E-state index contributed by atoms with van der Waals surface area (Å²) in [7, 11) is 0. The monoisotopic (exact) mass is 452 g/mol. The molecule has 1 aliphatic rings. The Bertz CT molecular complexity index is 1040. The molecule has 1 aliphatic heterocycles. The van der Waals surface area contributed by atoms with E-state index in [-0.39, 0.29) is 25.4 Å². The van der Waals surface area contributed by atoms with Crippen molar-refractivity contribution in [2.24, 2.45) is 0 Å². The highest BCUT2D eigenvalue weighted by Crippen LogP contribution is 2.32. The van der Waals surface area contributed by atoms with Gasteiger partial charge in [-0.1, -0.05) is 47.1 Å². The first-order valence-corrected chi connectivity index (χ1v) is 9.61. The Hall–Kier alpha value is -2.39. The number of halogens is 2. The summed E-state index contributed by atoms with van der Waals surface area (Å²) in [6, 6.07) is 10.4. The summed E-state index contributed by atoms with van der Waals surface area (Å²) in [6.07, 6.45) is 1.56. The Kier molecular flexibility index (Phi) is 6.04. The van der Waals surface area contributed by atoms with Crippen molar-refractivity contribution in [3.05, 3.63) is 74.1 Å². The minimum absolute atomic E-state index is 0.136. The standard InChI is InChI=1S/C18H10Cl2N2O4S2/c19-11-5-6-12(13(20)8-11)15(23)21-22-16(24)14(28-18(22)27)7-9-1-3-10(4-2-9)17(25)26/h1-8H,(H,21,23)(H,25,26)/b14-7+. The molecule has 0 bridgehead atoms. The summed E-state index contributed by atoms with van der Waals surface area (Å²) < 4.78 is 0.150. The largest absolute Gasteiger partial charge is 0.478 e. The summed E-state index contributed by atoms with van der Waals surface area (Å²) in [6.45, 7) is 0. The van der Waals surface area contributed by atoms with Crippen LogP contribution < -0.4 is 5.43 Å². The zero-order chi connectivity index (χ0) is 20.4. The maximum absolute atomic E-state index is 12.6. The van der Waals surface area contributed by atoms with Gasteiger partial charge in [-0.2, -0.15) is 5.01 Å². The lowest BCUT2D eigenvalue weighted by Crippen LogP contribution is -2.44. The van der Waals surface area contributed by atoms with Gasteiger partial charge in [0.1, 0.15) is 0 Å². The number of hydrogen-bond donors (Lipinski definition) is 2. The third-order valence-corrected chi connectivity index (χ3v) is 5.49. The van der Waals surface area contributed by atoms with Crippen molar-refractivity contribution in [2.75, 3.05) is 0 Å². The third kappa shape index (κ3) is 4.36. The van der Waals surface area contributed by atoms with E-state index in [1.807, 2.05) is 0 Å². The van der Waals surface area contributed by atoms with Gasteiger partial charge >= 0.3 is 5.97 Å². The van der Waals surface area contributed by atoms with E-state index in [4.69, 9.17) is 40.5 Å². The van der Waals surface area contributed by atoms with E-state index in [2.05, 4.69) is 5.43 Å². The molecule has 1 fully saturated rings. The predicted molar refractivity (Wildman–Crippen MR) is 112 cm³/mol. The van der Waals surface area contributed by atoms with E-state index in [1.54, 1.807) is 18.2 Å². The molecule has 0 radical (unpaired) electrons. The van der Waals surface area contributed by atoms with E-state index in [0.717, 1.165) is 16.8 Å². The van der Waals surface area contributed by atoms with Crippen molar-refractivity contribution in [2.45, 2.75) is 0 Å². The smallest absolute Gasteiger partial charge is 0.335 e. The second-order valence-electron chi connectivity index (χ2n) is 5.51. The van der Waals surface area contributed by atoms with E-state index >= 15 is 0 Å². The number of benzene rings is 2. The summed E-state index contributed by atoms with van der Waals surface area (Å²) >= 11 is 18.0. The lowest BCUT2D eigenvalue weighted by molar-refractivity contribution is -0.123. The number of nitrogens with one attached hydrogen (secondary N) is 1. The second kappa shape index (κ2) is 8.32. The molecular weight excluding hydrogens is 443 g/mol. The lowest BCUT2D eigenvalue weighted by Gasteiger charge is -2.16. The fourth-order valence-electron chi connectivity index (χ4n) is 2.27. The number of carboxylic acids is 1. The van der Waals surface area contributed by atoms with Gasteiger partial charge in [0.2, 0.25) is 0 Å². The second-order valence-corrected chi connectivity index (χ2v) is 8.03. The molecule has 142 valence electrons. The Morgan fingerprint density at radius 3 is 2.43 bits per heavy atom. The van der Waals surface area contributed by atoms with Crippen molar-refractivity contribution < 1.29 is 19.5 Å². The fourth-order valence-corrected chi connectivity index (χ4v) is 3.95. The SMILES string of the molecule is O=C(O)c1ccc(/C=C2/SC(=S)N(NC(=O)c3ccc(Cl)cc3Cl)C2=O)cc1. The van der Waals surface area contributed by atoms with Crippen LogP contribution in [0.5, 0.6) is 0 Å². The zero-order valence-corrected chi connectivity index (χ0v) is 17.0. The number of hydrogen-bond acceptors (Lipinski definition) is 5. The van der Waals surface area contributed by atoms with E-state index in [0.29, 0.717) is 10.6 Å². The van der Waals surface area contributed by atoms with Crippen LogP contribution in [-0.4, -0.2) is 32.2 Å². The summed E-state index contributed by atoms with van der Waals surface area (Å²) in [4.78, 5) is 36.2. The third-order valence-electron chi connectivity index (χ3n) is 3.64. The Balaban J connectivity index is 1.77. The number of nitrogens with zero attached hydrogens (tertiary/aromatic N) is 1.